The summed E-state index contributed by atoms with van der Waals surface area (Å²) in [6.45, 7) is 0. The first-order chi connectivity index (χ1) is 35.3. The van der Waals surface area contributed by atoms with E-state index in [9.17, 15) is 61.3 Å². The van der Waals surface area contributed by atoms with Gasteiger partial charge in [-0.25, -0.2) is 66.7 Å². The molecule has 396 valence electrons. The average Bonchev–Trinajstić information content (AvgIpc) is 3.33. The highest BCUT2D eigenvalue weighted by Crippen LogP contribution is 2.21. The summed E-state index contributed by atoms with van der Waals surface area (Å²) in [7, 11) is 3.36. The zero-order chi connectivity index (χ0) is 56.3. The number of ether oxygens (including phenoxy) is 3. The van der Waals surface area contributed by atoms with E-state index in [0.717, 1.165) is 64.2 Å². The van der Waals surface area contributed by atoms with Crippen LogP contribution in [0.4, 0.5) is 40.3 Å². The average molecular weight is 1070 g/mol. The largest absolute Gasteiger partial charge is 0.511 e. The molecular formula is C43H41ClF4N14O13. The Morgan fingerprint density at radius 3 is 1.19 bits per heavy atom. The second-order valence-corrected chi connectivity index (χ2v) is 14.5. The number of anilines is 4. The molecule has 27 nitrogen and oxygen atoms in total. The SMILES string of the molecule is COC(=O)c1ncc(N)cc1F.COC(=O)c1ncc(NC(=O)CC2=C(O)CC(N)=NC2=N)cc1F.COC(=O)c1ncc(NC(=O)CCl)cc1F.N=C1N=C(N)CC(O)=C1CC(=O)Nc1cnc(C(=O)O)c(F)c1. The highest BCUT2D eigenvalue weighted by molar-refractivity contribution is 6.29. The minimum absolute atomic E-state index is 0.00675. The van der Waals surface area contributed by atoms with Crippen LogP contribution in [0, 0.1) is 34.1 Å². The Hall–Kier alpha value is -9.94. The van der Waals surface area contributed by atoms with Crippen molar-refractivity contribution in [3.63, 3.8) is 0 Å². The van der Waals surface area contributed by atoms with E-state index in [2.05, 4.69) is 60.1 Å². The Labute approximate surface area is 423 Å². The molecule has 4 aromatic rings. The van der Waals surface area contributed by atoms with Crippen molar-refractivity contribution in [2.24, 2.45) is 21.5 Å². The van der Waals surface area contributed by atoms with Crippen LogP contribution in [0.15, 0.2) is 81.7 Å². The fraction of sp³-hybridized carbons (Fsp3) is 0.186. The lowest BCUT2D eigenvalue weighted by Gasteiger charge is -2.14. The van der Waals surface area contributed by atoms with Crippen LogP contribution in [0.2, 0.25) is 0 Å². The number of pyridine rings is 4. The van der Waals surface area contributed by atoms with Gasteiger partial charge < -0.3 is 62.7 Å². The van der Waals surface area contributed by atoms with Gasteiger partial charge in [0.2, 0.25) is 17.7 Å². The monoisotopic (exact) mass is 1070 g/mol. The van der Waals surface area contributed by atoms with Crippen LogP contribution in [0.3, 0.4) is 0 Å². The molecule has 6 heterocycles. The van der Waals surface area contributed by atoms with Crippen molar-refractivity contribution in [3.8, 4) is 0 Å². The fourth-order valence-electron chi connectivity index (χ4n) is 5.50. The molecule has 0 spiro atoms. The number of nitrogen functional groups attached to an aromatic ring is 1. The van der Waals surface area contributed by atoms with Crippen molar-refractivity contribution in [2.75, 3.05) is 48.9 Å². The van der Waals surface area contributed by atoms with Gasteiger partial charge >= 0.3 is 23.9 Å². The first kappa shape index (κ1) is 59.4. The number of carboxylic acids is 1. The third-order valence-electron chi connectivity index (χ3n) is 8.85. The van der Waals surface area contributed by atoms with E-state index in [4.69, 9.17) is 44.7 Å². The molecule has 0 bridgehead atoms. The van der Waals surface area contributed by atoms with E-state index in [0.29, 0.717) is 0 Å². The third-order valence-corrected chi connectivity index (χ3v) is 9.09. The number of nitrogens with zero attached hydrogens (tertiary/aromatic N) is 6. The van der Waals surface area contributed by atoms with E-state index >= 15 is 0 Å². The summed E-state index contributed by atoms with van der Waals surface area (Å²) in [5, 5.41) is 50.3. The predicted molar refractivity (Wildman–Crippen MR) is 255 cm³/mol. The van der Waals surface area contributed by atoms with Crippen LogP contribution in [0.1, 0.15) is 67.6 Å². The van der Waals surface area contributed by atoms with Gasteiger partial charge in [0.15, 0.2) is 57.7 Å². The van der Waals surface area contributed by atoms with Gasteiger partial charge in [0.25, 0.3) is 0 Å². The van der Waals surface area contributed by atoms with Gasteiger partial charge in [-0.15, -0.1) is 11.6 Å². The fourth-order valence-corrected chi connectivity index (χ4v) is 5.56. The van der Waals surface area contributed by atoms with Crippen molar-refractivity contribution in [2.45, 2.75) is 25.7 Å². The number of carboxylic acid groups (broad SMARTS) is 1. The molecule has 0 atom stereocenters. The van der Waals surface area contributed by atoms with Crippen LogP contribution in [0.5, 0.6) is 0 Å². The Kier molecular flexibility index (Phi) is 21.9. The number of carbonyl (C=O) groups is 7. The summed E-state index contributed by atoms with van der Waals surface area (Å²) in [6, 6.07) is 3.70. The molecule has 3 amide bonds. The number of carbonyl (C=O) groups excluding carboxylic acids is 6. The van der Waals surface area contributed by atoms with E-state index in [1.807, 2.05) is 0 Å². The highest BCUT2D eigenvalue weighted by atomic mass is 35.5. The number of amidine groups is 4. The van der Waals surface area contributed by atoms with Crippen LogP contribution >= 0.6 is 11.6 Å². The minimum atomic E-state index is -1.53. The molecule has 4 aromatic heterocycles. The van der Waals surface area contributed by atoms with Crippen LogP contribution < -0.4 is 33.2 Å². The molecule has 14 N–H and O–H groups in total. The number of methoxy groups -OCH3 is 3. The number of rotatable bonds is 12. The molecule has 6 rings (SSSR count). The van der Waals surface area contributed by atoms with Crippen molar-refractivity contribution in [3.05, 3.63) is 118 Å². The van der Waals surface area contributed by atoms with Crippen molar-refractivity contribution in [1.29, 1.82) is 10.8 Å². The summed E-state index contributed by atoms with van der Waals surface area (Å²) in [6.07, 6.45) is 3.58. The Morgan fingerprint density at radius 1 is 0.573 bits per heavy atom. The predicted octanol–water partition coefficient (Wildman–Crippen LogP) is 3.46. The topological polar surface area (TPSA) is 446 Å². The second-order valence-electron chi connectivity index (χ2n) is 14.3. The van der Waals surface area contributed by atoms with Gasteiger partial charge in [-0.2, -0.15) is 0 Å². The van der Waals surface area contributed by atoms with Gasteiger partial charge in [-0.1, -0.05) is 0 Å². The summed E-state index contributed by atoms with van der Waals surface area (Å²) in [5.74, 6) is -10.8. The van der Waals surface area contributed by atoms with Crippen molar-refractivity contribution >= 4 is 99.3 Å². The molecule has 0 radical (unpaired) electrons. The molecule has 0 unspecified atom stereocenters. The maximum atomic E-state index is 13.7. The zero-order valence-electron chi connectivity index (χ0n) is 38.9. The number of aliphatic imine (C=N–C) groups is 2. The number of alkyl halides is 1. The van der Waals surface area contributed by atoms with Crippen molar-refractivity contribution < 1.29 is 80.7 Å². The Bertz CT molecular complexity index is 3080. The number of esters is 3. The number of nitrogens with one attached hydrogen (secondary N) is 5. The molecule has 0 aromatic carbocycles. The van der Waals surface area contributed by atoms with Gasteiger partial charge in [-0.3, -0.25) is 25.2 Å². The van der Waals surface area contributed by atoms with Gasteiger partial charge in [0, 0.05) is 35.4 Å². The molecule has 75 heavy (non-hydrogen) atoms. The number of nitrogens with two attached hydrogens (primary N) is 3. The number of hydrogen-bond acceptors (Lipinski definition) is 21. The summed E-state index contributed by atoms with van der Waals surface area (Å²) >= 11 is 5.25. The molecule has 2 aliphatic rings. The lowest BCUT2D eigenvalue weighted by molar-refractivity contribution is -0.116. The zero-order valence-corrected chi connectivity index (χ0v) is 39.6. The number of aromatic nitrogens is 4. The second kappa shape index (κ2) is 27.6. The molecule has 2 aliphatic heterocycles. The maximum absolute atomic E-state index is 13.7. The highest BCUT2D eigenvalue weighted by Gasteiger charge is 2.24. The van der Waals surface area contributed by atoms with Crippen LogP contribution in [-0.2, 0) is 28.6 Å². The Morgan fingerprint density at radius 2 is 0.893 bits per heavy atom. The van der Waals surface area contributed by atoms with Crippen LogP contribution in [0.25, 0.3) is 0 Å². The normalized spacial score (nSPS) is 12.6. The summed E-state index contributed by atoms with van der Waals surface area (Å²) < 4.78 is 66.3. The number of dihydropyridines is 2. The smallest absolute Gasteiger partial charge is 0.359 e. The van der Waals surface area contributed by atoms with Crippen molar-refractivity contribution in [1.82, 2.24) is 19.9 Å². The van der Waals surface area contributed by atoms with Gasteiger partial charge in [0.05, 0.1) is 94.5 Å². The molecule has 0 saturated heterocycles. The number of halogens is 5. The van der Waals surface area contributed by atoms with E-state index < -0.39 is 81.9 Å². The van der Waals surface area contributed by atoms with E-state index in [1.165, 1.54) is 6.20 Å². The maximum Gasteiger partial charge on any atom is 0.359 e. The number of hydrogen-bond donors (Lipinski definition) is 11. The quantitative estimate of drug-likeness (QED) is 0.0419. The molecule has 0 fully saturated rings. The first-order valence-electron chi connectivity index (χ1n) is 20.3. The summed E-state index contributed by atoms with van der Waals surface area (Å²) in [5.41, 5.74) is 14.3. The van der Waals surface area contributed by atoms with E-state index in [-0.39, 0.29) is 106 Å². The number of aliphatic hydroxyl groups excluding tert-OH is 2. The number of amides is 3. The van der Waals surface area contributed by atoms with Crippen LogP contribution in [-0.4, -0.2) is 127 Å². The lowest BCUT2D eigenvalue weighted by atomic mass is 10.0. The number of aromatic carboxylic acids is 1. The molecule has 32 heteroatoms. The van der Waals surface area contributed by atoms with E-state index in [1.54, 1.807) is 0 Å². The van der Waals surface area contributed by atoms with Gasteiger partial charge in [-0.05, 0) is 0 Å². The van der Waals surface area contributed by atoms with Gasteiger partial charge in [0.1, 0.15) is 29.1 Å². The molecular weight excluding hydrogens is 1030 g/mol. The number of aliphatic hydroxyl groups is 2. The third kappa shape index (κ3) is 17.7. The Balaban J connectivity index is 0.000000272. The summed E-state index contributed by atoms with van der Waals surface area (Å²) in [4.78, 5) is 99.7. The lowest BCUT2D eigenvalue weighted by Crippen LogP contribution is -2.24. The molecule has 0 saturated carbocycles. The standard InChI is InChI=1S/C14H14FN5O4.C13H12FN5O4.C9H8ClFN2O3.C7H7FN2O2/c1-24-14(23)12-8(15)2-6(5-18-12)19-11(22)3-7-9(21)4-10(16)20-13(7)17;14-7-1-5(4-17-11(7)13(22)23)18-10(21)2-6-8(20)3-9(15)19-12(6)16;1-16-9(15)8-6(11)2-5(4-12-8)13-7(14)3-10;1-12-7(11)6-5(8)2-4(9)3-10-6/h2,5,21H,3-4H2,1H3,(H,19,22)(H3,16,17,20);1,4,20H,2-3H2,(H,18,21)(H,22,23)(H3,15,16,19);2,4H,3H2,1H3,(H,13,14);2-3H,9H2,1H3. The first-order valence-corrected chi connectivity index (χ1v) is 20.8. The minimum Gasteiger partial charge on any atom is -0.511 e. The molecule has 0 aliphatic carbocycles.